The number of ketones is 1. The number of aromatic nitrogens is 1. The molecule has 1 aromatic heterocycles. The zero-order valence-electron chi connectivity index (χ0n) is 23.3. The molecule has 2 atom stereocenters. The molecule has 2 N–H and O–H groups in total. The van der Waals surface area contributed by atoms with Crippen molar-refractivity contribution in [3.8, 4) is 5.75 Å². The van der Waals surface area contributed by atoms with Gasteiger partial charge in [0, 0.05) is 31.2 Å². The lowest BCUT2D eigenvalue weighted by Gasteiger charge is -2.25. The van der Waals surface area contributed by atoms with Crippen molar-refractivity contribution >= 4 is 79.5 Å². The summed E-state index contributed by atoms with van der Waals surface area (Å²) in [5, 5.41) is 6.52. The molecule has 3 heterocycles. The highest BCUT2D eigenvalue weighted by Gasteiger charge is 2.36. The topological polar surface area (TPSA) is 117 Å². The summed E-state index contributed by atoms with van der Waals surface area (Å²) in [5.74, 6) is 0.359. The SMILES string of the molecule is COc1c(I)cc(C[C@@H](CN2CCCC2)Nc2nc3ccc(NC(=O)[C@@H]4C(=O)CCN4C)c(C)c3c(=O)o2)cc1I. The Kier molecular flexibility index (Phi) is 9.50. The van der Waals surface area contributed by atoms with Crippen molar-refractivity contribution in [3.05, 3.63) is 53.0 Å². The average molecular weight is 785 g/mol. The van der Waals surface area contributed by atoms with Crippen LogP contribution >= 0.6 is 45.2 Å². The number of anilines is 2. The standard InChI is InChI=1S/C29H33I2N5O5/c1-16-21(33-27(38)25-23(37)8-11-35(25)2)6-7-22-24(16)28(39)41-29(34-22)32-18(15-36-9-4-5-10-36)12-17-13-19(30)26(40-3)20(31)14-17/h6-7,13-14,18,25H,4-5,8-12,15H2,1-3H3,(H,32,34)(H,33,38)/t18-,25-/m0/s1. The number of fused-ring (bicyclic) bond motifs is 1. The van der Waals surface area contributed by atoms with E-state index in [1.54, 1.807) is 38.1 Å². The van der Waals surface area contributed by atoms with E-state index in [4.69, 9.17) is 9.15 Å². The minimum absolute atomic E-state index is 0.0400. The minimum Gasteiger partial charge on any atom is -0.495 e. The first-order valence-corrected chi connectivity index (χ1v) is 15.8. The van der Waals surface area contributed by atoms with Crippen molar-refractivity contribution in [3.63, 3.8) is 0 Å². The van der Waals surface area contributed by atoms with Crippen molar-refractivity contribution < 1.29 is 18.7 Å². The molecule has 0 spiro atoms. The van der Waals surface area contributed by atoms with Gasteiger partial charge in [0.2, 0.25) is 5.91 Å². The lowest BCUT2D eigenvalue weighted by Crippen LogP contribution is -2.41. The van der Waals surface area contributed by atoms with Crippen LogP contribution in [0, 0.1) is 14.1 Å². The maximum absolute atomic E-state index is 13.2. The Morgan fingerprint density at radius 2 is 1.88 bits per heavy atom. The number of likely N-dealkylation sites (N-methyl/N-ethyl adjacent to an activating group) is 1. The van der Waals surface area contributed by atoms with Crippen molar-refractivity contribution in [2.24, 2.45) is 0 Å². The molecule has 0 aliphatic carbocycles. The number of carbonyl (C=O) groups is 2. The number of methoxy groups -OCH3 is 1. The van der Waals surface area contributed by atoms with Crippen LogP contribution in [0.1, 0.15) is 30.4 Å². The Hall–Kier alpha value is -2.30. The maximum atomic E-state index is 13.2. The van der Waals surface area contributed by atoms with E-state index < -0.39 is 17.6 Å². The van der Waals surface area contributed by atoms with Crippen LogP contribution in [-0.2, 0) is 16.0 Å². The second-order valence-electron chi connectivity index (χ2n) is 10.7. The van der Waals surface area contributed by atoms with Gasteiger partial charge < -0.3 is 24.7 Å². The fourth-order valence-electron chi connectivity index (χ4n) is 5.68. The van der Waals surface area contributed by atoms with E-state index in [-0.39, 0.29) is 17.8 Å². The third kappa shape index (κ3) is 6.70. The molecule has 2 fully saturated rings. The van der Waals surface area contributed by atoms with Gasteiger partial charge in [-0.1, -0.05) is 0 Å². The van der Waals surface area contributed by atoms with Crippen LogP contribution in [0.15, 0.2) is 33.5 Å². The molecule has 12 heteroatoms. The molecule has 0 saturated carbocycles. The van der Waals surface area contributed by atoms with Crippen molar-refractivity contribution in [1.29, 1.82) is 0 Å². The molecule has 10 nitrogen and oxygen atoms in total. The van der Waals surface area contributed by atoms with Crippen LogP contribution in [0.2, 0.25) is 0 Å². The smallest absolute Gasteiger partial charge is 0.348 e. The van der Waals surface area contributed by atoms with Gasteiger partial charge in [0.25, 0.3) is 6.01 Å². The summed E-state index contributed by atoms with van der Waals surface area (Å²) in [6.07, 6.45) is 3.42. The van der Waals surface area contributed by atoms with Gasteiger partial charge in [-0.05, 0) is 127 Å². The largest absolute Gasteiger partial charge is 0.495 e. The van der Waals surface area contributed by atoms with E-state index in [2.05, 4.69) is 77.8 Å². The Morgan fingerprint density at radius 3 is 2.51 bits per heavy atom. The number of hydrogen-bond acceptors (Lipinski definition) is 9. The number of likely N-dealkylation sites (tertiary alicyclic amines) is 2. The van der Waals surface area contributed by atoms with E-state index in [0.717, 1.165) is 38.1 Å². The fraction of sp³-hybridized carbons (Fsp3) is 0.448. The number of Topliss-reactive ketones (excluding diaryl/α,β-unsaturated/α-hetero) is 1. The molecule has 3 aromatic rings. The van der Waals surface area contributed by atoms with Crippen molar-refractivity contribution in [1.82, 2.24) is 14.8 Å². The Balaban J connectivity index is 1.39. The van der Waals surface area contributed by atoms with E-state index in [1.165, 1.54) is 12.8 Å². The summed E-state index contributed by atoms with van der Waals surface area (Å²) in [5.41, 5.74) is 2.10. The summed E-state index contributed by atoms with van der Waals surface area (Å²) in [6, 6.07) is 6.97. The van der Waals surface area contributed by atoms with Gasteiger partial charge in [-0.2, -0.15) is 4.98 Å². The highest BCUT2D eigenvalue weighted by molar-refractivity contribution is 14.1. The number of carbonyl (C=O) groups excluding carboxylic acids is 2. The van der Waals surface area contributed by atoms with Crippen LogP contribution in [-0.4, -0.2) is 78.9 Å². The summed E-state index contributed by atoms with van der Waals surface area (Å²) >= 11 is 4.59. The predicted octanol–water partition coefficient (Wildman–Crippen LogP) is 4.04. The first kappa shape index (κ1) is 30.2. The molecule has 0 radical (unpaired) electrons. The predicted molar refractivity (Wildman–Crippen MR) is 175 cm³/mol. The third-order valence-corrected chi connectivity index (χ3v) is 9.37. The number of rotatable bonds is 9. The second kappa shape index (κ2) is 12.9. The lowest BCUT2D eigenvalue weighted by molar-refractivity contribution is -0.128. The Labute approximate surface area is 265 Å². The summed E-state index contributed by atoms with van der Waals surface area (Å²) in [6.45, 7) is 5.17. The molecule has 0 bridgehead atoms. The molecule has 218 valence electrons. The molecule has 5 rings (SSSR count). The molecular weight excluding hydrogens is 752 g/mol. The summed E-state index contributed by atoms with van der Waals surface area (Å²) < 4.78 is 13.3. The lowest BCUT2D eigenvalue weighted by atomic mass is 10.1. The van der Waals surface area contributed by atoms with Gasteiger partial charge in [0.1, 0.15) is 11.8 Å². The number of ether oxygens (including phenoxy) is 1. The van der Waals surface area contributed by atoms with Gasteiger partial charge in [-0.15, -0.1) is 0 Å². The van der Waals surface area contributed by atoms with Gasteiger partial charge in [-0.25, -0.2) is 4.79 Å². The number of halogens is 2. The zero-order valence-corrected chi connectivity index (χ0v) is 27.6. The highest BCUT2D eigenvalue weighted by Crippen LogP contribution is 2.30. The number of amides is 1. The Bertz CT molecular complexity index is 1510. The monoisotopic (exact) mass is 785 g/mol. The van der Waals surface area contributed by atoms with Crippen molar-refractivity contribution in [2.45, 2.75) is 44.7 Å². The van der Waals surface area contributed by atoms with Gasteiger partial charge >= 0.3 is 5.63 Å². The number of hydrogen-bond donors (Lipinski definition) is 2. The quantitative estimate of drug-likeness (QED) is 0.245. The van der Waals surface area contributed by atoms with Gasteiger partial charge in [-0.3, -0.25) is 14.5 Å². The van der Waals surface area contributed by atoms with Gasteiger partial charge in [0.05, 0.1) is 25.2 Å². The molecule has 2 saturated heterocycles. The van der Waals surface area contributed by atoms with Crippen molar-refractivity contribution in [2.75, 3.05) is 51.0 Å². The first-order valence-electron chi connectivity index (χ1n) is 13.6. The van der Waals surface area contributed by atoms with Crippen LogP contribution in [0.25, 0.3) is 10.9 Å². The highest BCUT2D eigenvalue weighted by atomic mass is 127. The third-order valence-electron chi connectivity index (χ3n) is 7.77. The number of aryl methyl sites for hydroxylation is 1. The molecule has 0 unspecified atom stereocenters. The molecular formula is C29H33I2N5O5. The van der Waals surface area contributed by atoms with E-state index in [1.807, 2.05) is 0 Å². The van der Waals surface area contributed by atoms with E-state index in [0.29, 0.717) is 41.5 Å². The summed E-state index contributed by atoms with van der Waals surface area (Å²) in [7, 11) is 3.43. The Morgan fingerprint density at radius 1 is 1.17 bits per heavy atom. The van der Waals surface area contributed by atoms with E-state index >= 15 is 0 Å². The fourth-order valence-corrected chi connectivity index (χ4v) is 8.02. The zero-order chi connectivity index (χ0) is 29.3. The van der Waals surface area contributed by atoms with E-state index in [9.17, 15) is 14.4 Å². The number of nitrogens with one attached hydrogen (secondary N) is 2. The number of benzene rings is 2. The van der Waals surface area contributed by atoms with Crippen LogP contribution < -0.4 is 21.0 Å². The molecule has 2 aliphatic rings. The minimum atomic E-state index is -0.823. The van der Waals surface area contributed by atoms with Crippen LogP contribution in [0.4, 0.5) is 11.7 Å². The first-order chi connectivity index (χ1) is 19.6. The van der Waals surface area contributed by atoms with Gasteiger partial charge in [0.15, 0.2) is 5.78 Å². The molecule has 2 aliphatic heterocycles. The molecule has 1 amide bonds. The van der Waals surface area contributed by atoms with Crippen LogP contribution in [0.5, 0.6) is 5.75 Å². The molecule has 2 aromatic carbocycles. The second-order valence-corrected chi connectivity index (χ2v) is 13.0. The molecule has 41 heavy (non-hydrogen) atoms. The average Bonchev–Trinajstić information content (AvgIpc) is 3.54. The number of nitrogens with zero attached hydrogens (tertiary/aromatic N) is 3. The summed E-state index contributed by atoms with van der Waals surface area (Å²) in [4.78, 5) is 47.0. The van der Waals surface area contributed by atoms with Crippen LogP contribution in [0.3, 0.4) is 0 Å². The maximum Gasteiger partial charge on any atom is 0.348 e. The normalized spacial score (nSPS) is 18.7.